The normalized spacial score (nSPS) is 29.1. The first-order chi connectivity index (χ1) is 29.7. The summed E-state index contributed by atoms with van der Waals surface area (Å²) in [6, 6.07) is 50.4. The second kappa shape index (κ2) is 21.7. The van der Waals surface area contributed by atoms with Crippen molar-refractivity contribution in [3.8, 4) is 0 Å². The van der Waals surface area contributed by atoms with E-state index in [2.05, 4.69) is 24.3 Å². The van der Waals surface area contributed by atoms with Crippen molar-refractivity contribution in [1.29, 1.82) is 0 Å². The molecule has 3 heterocycles. The molecular weight excluding hydrogens is 781 g/mol. The average molecular weight is 835 g/mol. The Bertz CT molecular complexity index is 1960. The van der Waals surface area contributed by atoms with Gasteiger partial charge in [0.1, 0.15) is 36.6 Å². The third-order valence-electron chi connectivity index (χ3n) is 11.0. The van der Waals surface area contributed by atoms with Gasteiger partial charge in [0, 0.05) is 25.5 Å². The number of ether oxygens (including phenoxy) is 10. The number of methoxy groups -OCH3 is 2. The molecule has 0 spiro atoms. The molecule has 0 aromatic heterocycles. The van der Waals surface area contributed by atoms with Gasteiger partial charge in [-0.3, -0.25) is 0 Å². The molecule has 0 aliphatic carbocycles. The summed E-state index contributed by atoms with van der Waals surface area (Å²) in [7, 11) is 3.29. The van der Waals surface area contributed by atoms with Gasteiger partial charge in [0.05, 0.1) is 44.4 Å². The van der Waals surface area contributed by atoms with Crippen LogP contribution in [0.1, 0.15) is 34.1 Å². The van der Waals surface area contributed by atoms with E-state index in [1.54, 1.807) is 26.0 Å². The summed E-state index contributed by atoms with van der Waals surface area (Å²) in [4.78, 5) is 0. The molecular formula is C49H54O10S. The molecule has 11 heteroatoms. The molecule has 11 atom stereocenters. The number of rotatable bonds is 18. The summed E-state index contributed by atoms with van der Waals surface area (Å²) in [5.41, 5.74) is 5.08. The fourth-order valence-electron chi connectivity index (χ4n) is 7.92. The van der Waals surface area contributed by atoms with E-state index in [1.165, 1.54) is 0 Å². The van der Waals surface area contributed by atoms with Crippen molar-refractivity contribution in [3.05, 3.63) is 179 Å². The topological polar surface area (TPSA) is 92.3 Å². The van der Waals surface area contributed by atoms with Crippen LogP contribution in [0, 0.1) is 0 Å². The Hall–Kier alpha value is -3.95. The van der Waals surface area contributed by atoms with Crippen LogP contribution in [0.5, 0.6) is 0 Å². The standard InChI is InChI=1S/C49H54O10S/c1-50-48-44(54-30-36-22-12-5-13-23-36)43(53-29-35-20-10-4-11-21-35)41(52-28-34-18-8-3-9-19-34)40(58-48)33-60-46-42-39(32-56-47(59-42)38-26-16-7-17-27-38)57-49(51-2)45(46)55-31-37-24-14-6-15-25-37/h3-27,39-49H,28-33H2,1-2H3/t39-,40-,41-,42-,43+,44+,45-,46-,47-,48+,49-/m1/s1. The van der Waals surface area contributed by atoms with Crippen molar-refractivity contribution >= 4 is 11.8 Å². The molecule has 3 aliphatic heterocycles. The van der Waals surface area contributed by atoms with Crippen LogP contribution in [0.2, 0.25) is 0 Å². The summed E-state index contributed by atoms with van der Waals surface area (Å²) >= 11 is 1.69. The fourth-order valence-corrected chi connectivity index (χ4v) is 9.43. The first kappa shape index (κ1) is 42.7. The maximum atomic E-state index is 6.92. The van der Waals surface area contributed by atoms with Gasteiger partial charge in [0.2, 0.25) is 0 Å². The van der Waals surface area contributed by atoms with Crippen LogP contribution < -0.4 is 0 Å². The SMILES string of the molecule is CO[C@H]1O[C@H](CS[C@H]2[C@@H](OCc3ccccc3)[C@H](OC)O[C@@H]3CO[C@@H](c4ccccc4)O[C@@H]23)[C@@H](OCc2ccccc2)[C@H](OCc2ccccc2)[C@@H]1OCc1ccccc1. The van der Waals surface area contributed by atoms with Gasteiger partial charge >= 0.3 is 0 Å². The van der Waals surface area contributed by atoms with Gasteiger partial charge in [-0.05, 0) is 22.3 Å². The first-order valence-electron chi connectivity index (χ1n) is 20.6. The van der Waals surface area contributed by atoms with Crippen molar-refractivity contribution in [2.75, 3.05) is 26.6 Å². The summed E-state index contributed by atoms with van der Waals surface area (Å²) in [5.74, 6) is 0.478. The van der Waals surface area contributed by atoms with E-state index in [4.69, 9.17) is 47.4 Å². The molecule has 60 heavy (non-hydrogen) atoms. The molecule has 0 amide bonds. The molecule has 316 valence electrons. The van der Waals surface area contributed by atoms with E-state index < -0.39 is 61.6 Å². The molecule has 0 radical (unpaired) electrons. The lowest BCUT2D eigenvalue weighted by Gasteiger charge is -2.50. The molecule has 5 aromatic carbocycles. The van der Waals surface area contributed by atoms with Crippen molar-refractivity contribution in [2.24, 2.45) is 0 Å². The van der Waals surface area contributed by atoms with Crippen molar-refractivity contribution in [1.82, 2.24) is 0 Å². The molecule has 5 aromatic rings. The Labute approximate surface area is 357 Å². The predicted molar refractivity (Wildman–Crippen MR) is 228 cm³/mol. The number of thioether (sulfide) groups is 1. The van der Waals surface area contributed by atoms with Gasteiger partial charge in [-0.15, -0.1) is 11.8 Å². The van der Waals surface area contributed by atoms with E-state index in [-0.39, 0.29) is 5.25 Å². The maximum absolute atomic E-state index is 6.92. The summed E-state index contributed by atoms with van der Waals surface area (Å²) in [5, 5.41) is -0.261. The maximum Gasteiger partial charge on any atom is 0.186 e. The zero-order chi connectivity index (χ0) is 40.9. The Morgan fingerprint density at radius 1 is 0.483 bits per heavy atom. The molecule has 0 saturated carbocycles. The monoisotopic (exact) mass is 834 g/mol. The average Bonchev–Trinajstić information content (AvgIpc) is 3.32. The Morgan fingerprint density at radius 3 is 1.42 bits per heavy atom. The van der Waals surface area contributed by atoms with Gasteiger partial charge in [-0.25, -0.2) is 0 Å². The molecule has 8 rings (SSSR count). The molecule has 3 fully saturated rings. The van der Waals surface area contributed by atoms with E-state index in [0.29, 0.717) is 38.8 Å². The van der Waals surface area contributed by atoms with Crippen molar-refractivity contribution in [3.63, 3.8) is 0 Å². The number of benzene rings is 5. The zero-order valence-electron chi connectivity index (χ0n) is 34.0. The van der Waals surface area contributed by atoms with E-state index >= 15 is 0 Å². The zero-order valence-corrected chi connectivity index (χ0v) is 34.8. The van der Waals surface area contributed by atoms with Crippen LogP contribution in [0.25, 0.3) is 0 Å². The van der Waals surface area contributed by atoms with Gasteiger partial charge < -0.3 is 47.4 Å². The van der Waals surface area contributed by atoms with Crippen LogP contribution in [0.4, 0.5) is 0 Å². The lowest BCUT2D eigenvalue weighted by atomic mass is 9.98. The van der Waals surface area contributed by atoms with Crippen LogP contribution >= 0.6 is 11.8 Å². The van der Waals surface area contributed by atoms with E-state index in [9.17, 15) is 0 Å². The van der Waals surface area contributed by atoms with Crippen LogP contribution in [-0.2, 0) is 73.8 Å². The fraction of sp³-hybridized carbons (Fsp3) is 0.388. The van der Waals surface area contributed by atoms with Gasteiger partial charge in [-0.1, -0.05) is 152 Å². The highest BCUT2D eigenvalue weighted by atomic mass is 32.2. The molecule has 3 aliphatic rings. The minimum absolute atomic E-state index is 0.261. The minimum atomic E-state index is -0.752. The highest BCUT2D eigenvalue weighted by Crippen LogP contribution is 2.42. The number of fused-ring (bicyclic) bond motifs is 1. The summed E-state index contributed by atoms with van der Waals surface area (Å²) in [6.07, 6.45) is -5.54. The lowest BCUT2D eigenvalue weighted by molar-refractivity contribution is -0.335. The predicted octanol–water partition coefficient (Wildman–Crippen LogP) is 8.29. The third-order valence-corrected chi connectivity index (χ3v) is 12.4. The molecule has 0 N–H and O–H groups in total. The molecule has 0 unspecified atom stereocenters. The summed E-state index contributed by atoms with van der Waals surface area (Å²) < 4.78 is 65.9. The van der Waals surface area contributed by atoms with Gasteiger partial charge in [0.25, 0.3) is 0 Å². The minimum Gasteiger partial charge on any atom is -0.368 e. The quantitative estimate of drug-likeness (QED) is 0.0855. The number of hydrogen-bond acceptors (Lipinski definition) is 11. The van der Waals surface area contributed by atoms with E-state index in [1.807, 2.05) is 127 Å². The second-order valence-corrected chi connectivity index (χ2v) is 16.3. The van der Waals surface area contributed by atoms with Crippen LogP contribution in [0.3, 0.4) is 0 Å². The third kappa shape index (κ3) is 10.9. The van der Waals surface area contributed by atoms with Gasteiger partial charge in [0.15, 0.2) is 18.9 Å². The second-order valence-electron chi connectivity index (χ2n) is 15.1. The Morgan fingerprint density at radius 2 is 0.917 bits per heavy atom. The molecule has 3 saturated heterocycles. The largest absolute Gasteiger partial charge is 0.368 e. The number of hydrogen-bond donors (Lipinski definition) is 0. The van der Waals surface area contributed by atoms with Crippen molar-refractivity contribution < 1.29 is 47.4 Å². The van der Waals surface area contributed by atoms with Crippen LogP contribution in [0.15, 0.2) is 152 Å². The van der Waals surface area contributed by atoms with Gasteiger partial charge in [-0.2, -0.15) is 0 Å². The first-order valence-corrected chi connectivity index (χ1v) is 21.6. The highest BCUT2D eigenvalue weighted by Gasteiger charge is 2.53. The molecule has 0 bridgehead atoms. The smallest absolute Gasteiger partial charge is 0.186 e. The Kier molecular flexibility index (Phi) is 15.5. The van der Waals surface area contributed by atoms with E-state index in [0.717, 1.165) is 27.8 Å². The van der Waals surface area contributed by atoms with Crippen molar-refractivity contribution in [2.45, 2.75) is 93.3 Å². The summed E-state index contributed by atoms with van der Waals surface area (Å²) in [6.45, 7) is 1.74. The highest BCUT2D eigenvalue weighted by molar-refractivity contribution is 8.00. The molecule has 10 nitrogen and oxygen atoms in total. The lowest BCUT2D eigenvalue weighted by Crippen LogP contribution is -2.63. The Balaban J connectivity index is 1.10. The van der Waals surface area contributed by atoms with Crippen LogP contribution in [-0.4, -0.2) is 87.1 Å².